The summed E-state index contributed by atoms with van der Waals surface area (Å²) in [5, 5.41) is 3.49. The molecule has 0 atom stereocenters. The molecule has 0 amide bonds. The van der Waals surface area contributed by atoms with Gasteiger partial charge >= 0.3 is 6.18 Å². The molecular formula is C6H5BrClF3N2O2S. The molecule has 0 aliphatic rings. The van der Waals surface area contributed by atoms with Crippen molar-refractivity contribution in [3.63, 3.8) is 0 Å². The minimum Gasteiger partial charge on any atom is -0.257 e. The predicted molar refractivity (Wildman–Crippen MR) is 53.6 cm³/mol. The number of aryl methyl sites for hydroxylation is 1. The maximum Gasteiger partial charge on any atom is 0.390 e. The Morgan fingerprint density at radius 1 is 1.50 bits per heavy atom. The fourth-order valence-electron chi connectivity index (χ4n) is 0.905. The molecule has 0 saturated carbocycles. The predicted octanol–water partition coefficient (Wildman–Crippen LogP) is 2.53. The molecule has 0 spiro atoms. The third-order valence-corrected chi connectivity index (χ3v) is 4.04. The summed E-state index contributed by atoms with van der Waals surface area (Å²) >= 11 is 2.82. The van der Waals surface area contributed by atoms with Crippen molar-refractivity contribution in [3.8, 4) is 0 Å². The largest absolute Gasteiger partial charge is 0.390 e. The fraction of sp³-hybridized carbons (Fsp3) is 0.500. The van der Waals surface area contributed by atoms with Crippen LogP contribution in [-0.4, -0.2) is 24.4 Å². The second kappa shape index (κ2) is 4.53. The average Bonchev–Trinajstić information content (AvgIpc) is 2.41. The van der Waals surface area contributed by atoms with Crippen LogP contribution in [0.3, 0.4) is 0 Å². The van der Waals surface area contributed by atoms with Gasteiger partial charge in [-0.15, -0.1) is 0 Å². The zero-order valence-corrected chi connectivity index (χ0v) is 10.7. The average molecular weight is 342 g/mol. The first-order valence-corrected chi connectivity index (χ1v) is 6.94. The molecule has 0 aliphatic heterocycles. The maximum atomic E-state index is 11.9. The molecular weight excluding hydrogens is 336 g/mol. The summed E-state index contributed by atoms with van der Waals surface area (Å²) in [6.07, 6.45) is -4.54. The van der Waals surface area contributed by atoms with Crippen molar-refractivity contribution in [2.45, 2.75) is 24.0 Å². The number of hydrogen-bond acceptors (Lipinski definition) is 3. The van der Waals surface area contributed by atoms with Crippen molar-refractivity contribution < 1.29 is 21.6 Å². The first kappa shape index (κ1) is 13.8. The standard InChI is InChI=1S/C6H5BrClF3N2O2S/c7-5-4(16(8,14)15)3-12-13(5)2-1-6(9,10)11/h3H,1-2H2. The molecule has 92 valence electrons. The number of rotatable bonds is 3. The van der Waals surface area contributed by atoms with Gasteiger partial charge in [-0.05, 0) is 15.9 Å². The molecule has 10 heteroatoms. The molecule has 0 N–H and O–H groups in total. The van der Waals surface area contributed by atoms with Crippen LogP contribution in [0.4, 0.5) is 13.2 Å². The normalized spacial score (nSPS) is 13.1. The molecule has 0 unspecified atom stereocenters. The Hall–Kier alpha value is -0.280. The van der Waals surface area contributed by atoms with Crippen molar-refractivity contribution in [1.82, 2.24) is 9.78 Å². The summed E-state index contributed by atoms with van der Waals surface area (Å²) < 4.78 is 58.4. The third-order valence-electron chi connectivity index (χ3n) is 1.61. The van der Waals surface area contributed by atoms with Gasteiger partial charge in [-0.2, -0.15) is 18.3 Å². The highest BCUT2D eigenvalue weighted by atomic mass is 79.9. The summed E-state index contributed by atoms with van der Waals surface area (Å²) in [5.74, 6) is 0. The Balaban J connectivity index is 2.90. The number of aromatic nitrogens is 2. The summed E-state index contributed by atoms with van der Waals surface area (Å²) in [6, 6.07) is 0. The third kappa shape index (κ3) is 3.63. The Kier molecular flexibility index (Phi) is 3.91. The van der Waals surface area contributed by atoms with Gasteiger partial charge in [-0.25, -0.2) is 8.42 Å². The van der Waals surface area contributed by atoms with E-state index in [1.807, 2.05) is 0 Å². The van der Waals surface area contributed by atoms with Crippen LogP contribution in [-0.2, 0) is 15.6 Å². The van der Waals surface area contributed by atoms with Gasteiger partial charge in [0, 0.05) is 10.7 Å². The van der Waals surface area contributed by atoms with E-state index in [0.29, 0.717) is 0 Å². The van der Waals surface area contributed by atoms with Crippen molar-refractivity contribution in [2.75, 3.05) is 0 Å². The van der Waals surface area contributed by atoms with E-state index < -0.39 is 28.2 Å². The lowest BCUT2D eigenvalue weighted by Crippen LogP contribution is -2.13. The van der Waals surface area contributed by atoms with Gasteiger partial charge in [-0.1, -0.05) is 0 Å². The van der Waals surface area contributed by atoms with E-state index in [4.69, 9.17) is 10.7 Å². The van der Waals surface area contributed by atoms with Crippen LogP contribution in [0.1, 0.15) is 6.42 Å². The zero-order valence-electron chi connectivity index (χ0n) is 7.50. The zero-order chi connectivity index (χ0) is 12.6. The first-order chi connectivity index (χ1) is 7.11. The van der Waals surface area contributed by atoms with E-state index in [1.165, 1.54) is 0 Å². The van der Waals surface area contributed by atoms with Crippen LogP contribution >= 0.6 is 26.6 Å². The molecule has 1 rings (SSSR count). The lowest BCUT2D eigenvalue weighted by molar-refractivity contribution is -0.137. The van der Waals surface area contributed by atoms with E-state index in [-0.39, 0.29) is 9.50 Å². The molecule has 0 aromatic carbocycles. The minimum atomic E-state index is -4.33. The topological polar surface area (TPSA) is 52.0 Å². The van der Waals surface area contributed by atoms with Crippen LogP contribution in [0.25, 0.3) is 0 Å². The van der Waals surface area contributed by atoms with Crippen LogP contribution in [0.5, 0.6) is 0 Å². The molecule has 0 bridgehead atoms. The first-order valence-electron chi connectivity index (χ1n) is 3.84. The van der Waals surface area contributed by atoms with Gasteiger partial charge in [0.25, 0.3) is 9.05 Å². The Bertz CT molecular complexity index is 484. The Morgan fingerprint density at radius 3 is 2.44 bits per heavy atom. The van der Waals surface area contributed by atoms with Gasteiger partial charge in [0.15, 0.2) is 0 Å². The molecule has 0 aliphatic carbocycles. The number of halogens is 5. The summed E-state index contributed by atoms with van der Waals surface area (Å²) in [6.45, 7) is -0.476. The number of hydrogen-bond donors (Lipinski definition) is 0. The minimum absolute atomic E-state index is 0.0910. The molecule has 16 heavy (non-hydrogen) atoms. The second-order valence-corrected chi connectivity index (χ2v) is 6.11. The lowest BCUT2D eigenvalue weighted by atomic mass is 10.4. The smallest absolute Gasteiger partial charge is 0.257 e. The molecule has 0 radical (unpaired) electrons. The monoisotopic (exact) mass is 340 g/mol. The fourth-order valence-corrected chi connectivity index (χ4v) is 3.01. The quantitative estimate of drug-likeness (QED) is 0.794. The maximum absolute atomic E-state index is 11.9. The van der Waals surface area contributed by atoms with Crippen LogP contribution in [0.15, 0.2) is 15.7 Å². The van der Waals surface area contributed by atoms with Gasteiger partial charge in [0.1, 0.15) is 9.50 Å². The molecule has 0 saturated heterocycles. The SMILES string of the molecule is O=S(=O)(Cl)c1cnn(CCC(F)(F)F)c1Br. The molecule has 1 aromatic rings. The van der Waals surface area contributed by atoms with Gasteiger partial charge in [0.05, 0.1) is 19.2 Å². The number of alkyl halides is 3. The number of nitrogens with zero attached hydrogens (tertiary/aromatic N) is 2. The lowest BCUT2D eigenvalue weighted by Gasteiger charge is -2.06. The van der Waals surface area contributed by atoms with Gasteiger partial charge in [-0.3, -0.25) is 4.68 Å². The van der Waals surface area contributed by atoms with Crippen molar-refractivity contribution in [1.29, 1.82) is 0 Å². The van der Waals surface area contributed by atoms with Crippen molar-refractivity contribution >= 4 is 35.7 Å². The van der Waals surface area contributed by atoms with Crippen molar-refractivity contribution in [3.05, 3.63) is 10.8 Å². The molecule has 0 fully saturated rings. The second-order valence-electron chi connectivity index (χ2n) is 2.83. The van der Waals surface area contributed by atoms with E-state index in [9.17, 15) is 21.6 Å². The van der Waals surface area contributed by atoms with E-state index >= 15 is 0 Å². The van der Waals surface area contributed by atoms with E-state index in [0.717, 1.165) is 10.9 Å². The molecule has 1 heterocycles. The summed E-state index contributed by atoms with van der Waals surface area (Å²) in [4.78, 5) is -0.351. The van der Waals surface area contributed by atoms with Crippen LogP contribution in [0, 0.1) is 0 Å². The summed E-state index contributed by atoms with van der Waals surface area (Å²) in [7, 11) is 1.03. The Labute approximate surface area is 102 Å². The van der Waals surface area contributed by atoms with Crippen LogP contribution in [0.2, 0.25) is 0 Å². The molecule has 1 aromatic heterocycles. The van der Waals surface area contributed by atoms with E-state index in [2.05, 4.69) is 21.0 Å². The summed E-state index contributed by atoms with van der Waals surface area (Å²) in [5.41, 5.74) is 0. The van der Waals surface area contributed by atoms with Gasteiger partial charge in [0.2, 0.25) is 0 Å². The van der Waals surface area contributed by atoms with Gasteiger partial charge < -0.3 is 0 Å². The highest BCUT2D eigenvalue weighted by Gasteiger charge is 2.28. The van der Waals surface area contributed by atoms with E-state index in [1.54, 1.807) is 0 Å². The highest BCUT2D eigenvalue weighted by Crippen LogP contribution is 2.26. The Morgan fingerprint density at radius 2 is 2.06 bits per heavy atom. The highest BCUT2D eigenvalue weighted by molar-refractivity contribution is 9.10. The molecule has 4 nitrogen and oxygen atoms in total. The van der Waals surface area contributed by atoms with Crippen molar-refractivity contribution in [2.24, 2.45) is 0 Å². The van der Waals surface area contributed by atoms with Crippen LogP contribution < -0.4 is 0 Å².